The molecule has 2 N–H and O–H groups in total. The third kappa shape index (κ3) is 4.50. The number of benzene rings is 2. The maximum atomic E-state index is 15.6. The topological polar surface area (TPSA) is 67.4 Å². The Kier molecular flexibility index (Phi) is 6.68. The van der Waals surface area contributed by atoms with E-state index in [2.05, 4.69) is 10.6 Å². The quantitative estimate of drug-likeness (QED) is 0.446. The Morgan fingerprint density at radius 2 is 1.75 bits per heavy atom. The lowest BCUT2D eigenvalue weighted by Crippen LogP contribution is -2.49. The highest BCUT2D eigenvalue weighted by Gasteiger charge is 2.67. The Labute approximate surface area is 219 Å². The van der Waals surface area contributed by atoms with Crippen molar-refractivity contribution in [3.8, 4) is 0 Å². The number of esters is 1. The predicted octanol–water partition coefficient (Wildman–Crippen LogP) is 6.36. The van der Waals surface area contributed by atoms with Crippen LogP contribution in [0.4, 0.5) is 14.5 Å². The first-order valence-corrected chi connectivity index (χ1v) is 12.6. The van der Waals surface area contributed by atoms with Crippen molar-refractivity contribution in [1.29, 1.82) is 0 Å². The summed E-state index contributed by atoms with van der Waals surface area (Å²) in [4.78, 5) is 27.5. The Bertz CT molecular complexity index is 1240. The van der Waals surface area contributed by atoms with Crippen LogP contribution in [0.1, 0.15) is 65.0 Å². The second kappa shape index (κ2) is 8.96. The van der Waals surface area contributed by atoms with E-state index in [1.165, 1.54) is 24.3 Å². The van der Waals surface area contributed by atoms with Gasteiger partial charge in [-0.2, -0.15) is 0 Å². The number of ether oxygens (including phenoxy) is 1. The number of nitrogens with one attached hydrogen (secondary N) is 2. The van der Waals surface area contributed by atoms with E-state index in [-0.39, 0.29) is 21.0 Å². The van der Waals surface area contributed by atoms with Gasteiger partial charge in [0.25, 0.3) is 0 Å². The second-order valence-electron chi connectivity index (χ2n) is 11.8. The summed E-state index contributed by atoms with van der Waals surface area (Å²) in [6.45, 7) is 11.2. The summed E-state index contributed by atoms with van der Waals surface area (Å²) in [7, 11) is 0. The number of carbonyl (C=O) groups excluding carboxylic acids is 2. The fraction of sp³-hybridized carbons (Fsp3) is 0.481. The van der Waals surface area contributed by atoms with Gasteiger partial charge in [-0.05, 0) is 61.9 Å². The van der Waals surface area contributed by atoms with Crippen LogP contribution in [0.5, 0.6) is 0 Å². The first kappa shape index (κ1) is 26.8. The van der Waals surface area contributed by atoms with Crippen molar-refractivity contribution >= 4 is 40.8 Å². The maximum Gasteiger partial charge on any atom is 0.324 e. The van der Waals surface area contributed by atoms with Gasteiger partial charge in [0.15, 0.2) is 0 Å². The van der Waals surface area contributed by atoms with E-state index in [1.54, 1.807) is 26.8 Å². The van der Waals surface area contributed by atoms with Crippen molar-refractivity contribution in [2.24, 2.45) is 5.41 Å². The van der Waals surface area contributed by atoms with Crippen LogP contribution in [0, 0.1) is 17.0 Å². The highest BCUT2D eigenvalue weighted by molar-refractivity contribution is 6.31. The van der Waals surface area contributed by atoms with Gasteiger partial charge in [-0.25, -0.2) is 8.78 Å². The fourth-order valence-electron chi connectivity index (χ4n) is 5.51. The van der Waals surface area contributed by atoms with Crippen LogP contribution in [-0.2, 0) is 19.7 Å². The molecule has 1 unspecified atom stereocenters. The van der Waals surface area contributed by atoms with Crippen molar-refractivity contribution in [3.05, 3.63) is 63.1 Å². The molecule has 194 valence electrons. The molecule has 2 aromatic carbocycles. The minimum Gasteiger partial charge on any atom is -0.459 e. The lowest BCUT2D eigenvalue weighted by Gasteiger charge is -2.37. The second-order valence-corrected chi connectivity index (χ2v) is 12.6. The Balaban J connectivity index is 2.04. The van der Waals surface area contributed by atoms with Gasteiger partial charge in [-0.15, -0.1) is 0 Å². The van der Waals surface area contributed by atoms with E-state index in [9.17, 15) is 14.0 Å². The maximum absolute atomic E-state index is 15.6. The van der Waals surface area contributed by atoms with Crippen molar-refractivity contribution < 1.29 is 23.1 Å². The monoisotopic (exact) mass is 538 g/mol. The van der Waals surface area contributed by atoms with Gasteiger partial charge in [-0.1, -0.05) is 56.1 Å². The van der Waals surface area contributed by atoms with E-state index in [0.717, 1.165) is 0 Å². The van der Waals surface area contributed by atoms with E-state index < -0.39 is 52.5 Å². The summed E-state index contributed by atoms with van der Waals surface area (Å²) in [5.41, 5.74) is -1.97. The van der Waals surface area contributed by atoms with E-state index in [0.29, 0.717) is 17.7 Å². The molecule has 0 bridgehead atoms. The van der Waals surface area contributed by atoms with Crippen LogP contribution in [0.3, 0.4) is 0 Å². The molecule has 9 heteroatoms. The molecule has 2 aliphatic rings. The third-order valence-electron chi connectivity index (χ3n) is 6.68. The van der Waals surface area contributed by atoms with Crippen LogP contribution in [0.2, 0.25) is 10.0 Å². The van der Waals surface area contributed by atoms with Crippen LogP contribution < -0.4 is 10.6 Å². The number of amides is 1. The summed E-state index contributed by atoms with van der Waals surface area (Å²) in [5.74, 6) is -3.66. The predicted molar refractivity (Wildman–Crippen MR) is 136 cm³/mol. The van der Waals surface area contributed by atoms with Crippen LogP contribution in [0.25, 0.3) is 0 Å². The molecule has 1 amide bonds. The van der Waals surface area contributed by atoms with Crippen LogP contribution >= 0.6 is 23.2 Å². The molecule has 4 atom stereocenters. The molecule has 5 nitrogen and oxygen atoms in total. The molecule has 4 rings (SSSR count). The normalized spacial score (nSPS) is 25.7. The van der Waals surface area contributed by atoms with E-state index in [4.69, 9.17) is 27.9 Å². The lowest BCUT2D eigenvalue weighted by atomic mass is 9.62. The molecule has 2 aromatic rings. The zero-order chi connectivity index (χ0) is 26.8. The minimum atomic E-state index is -1.54. The Morgan fingerprint density at radius 1 is 1.08 bits per heavy atom. The molecule has 2 aliphatic heterocycles. The molecule has 1 fully saturated rings. The lowest BCUT2D eigenvalue weighted by molar-refractivity contribution is -0.157. The highest BCUT2D eigenvalue weighted by atomic mass is 35.5. The molecular weight excluding hydrogens is 509 g/mol. The van der Waals surface area contributed by atoms with E-state index in [1.807, 2.05) is 20.8 Å². The van der Waals surface area contributed by atoms with Crippen molar-refractivity contribution in [2.45, 2.75) is 77.0 Å². The molecule has 0 aliphatic carbocycles. The molecule has 36 heavy (non-hydrogen) atoms. The molecule has 0 radical (unpaired) electrons. The van der Waals surface area contributed by atoms with Gasteiger partial charge < -0.3 is 10.1 Å². The third-order valence-corrected chi connectivity index (χ3v) is 7.26. The summed E-state index contributed by atoms with van der Waals surface area (Å²) in [6.07, 6.45) is 0.419. The first-order chi connectivity index (χ1) is 16.6. The number of fused-ring (bicyclic) bond motifs is 2. The summed E-state index contributed by atoms with van der Waals surface area (Å²) in [6, 6.07) is 5.24. The van der Waals surface area contributed by atoms with Gasteiger partial charge in [-0.3, -0.25) is 14.9 Å². The molecule has 1 spiro atoms. The molecule has 1 saturated heterocycles. The number of halogens is 4. The van der Waals surface area contributed by atoms with Crippen molar-refractivity contribution in [3.63, 3.8) is 0 Å². The van der Waals surface area contributed by atoms with Gasteiger partial charge in [0, 0.05) is 17.6 Å². The van der Waals surface area contributed by atoms with Crippen molar-refractivity contribution in [2.75, 3.05) is 5.32 Å². The Hall–Kier alpha value is -2.22. The van der Waals surface area contributed by atoms with E-state index >= 15 is 4.39 Å². The summed E-state index contributed by atoms with van der Waals surface area (Å²) >= 11 is 12.2. The van der Waals surface area contributed by atoms with Gasteiger partial charge in [0.05, 0.1) is 10.0 Å². The zero-order valence-electron chi connectivity index (χ0n) is 21.1. The average molecular weight is 539 g/mol. The average Bonchev–Trinajstić information content (AvgIpc) is 3.19. The first-order valence-electron chi connectivity index (χ1n) is 11.8. The number of anilines is 1. The van der Waals surface area contributed by atoms with Crippen LogP contribution in [-0.4, -0.2) is 29.6 Å². The highest BCUT2D eigenvalue weighted by Crippen LogP contribution is 2.57. The van der Waals surface area contributed by atoms with Gasteiger partial charge in [0.2, 0.25) is 5.91 Å². The minimum absolute atomic E-state index is 0.0700. The van der Waals surface area contributed by atoms with Gasteiger partial charge in [0.1, 0.15) is 28.7 Å². The van der Waals surface area contributed by atoms with Crippen LogP contribution in [0.15, 0.2) is 30.3 Å². The SMILES string of the molecule is CC(C)(C)C[C@@H]1N[C@@H](C(=O)OC(C)(C)C)[C@H](c2cccc(Cl)c2F)C12C(=O)Nc1cc(Cl)c(F)cc12. The number of hydrogen-bond donors (Lipinski definition) is 2. The standard InChI is InChI=1S/C27H30Cl2F2N2O3/c1-25(2,3)12-19-27(14-10-17(30)16(29)11-18(14)32-24(27)35)20(13-8-7-9-15(28)21(13)31)22(33-19)23(34)36-26(4,5)6/h7-11,19-20,22,33H,12H2,1-6H3,(H,32,35)/t19-,20-,22+,27?/m0/s1. The zero-order valence-corrected chi connectivity index (χ0v) is 22.6. The fourth-order valence-corrected chi connectivity index (χ4v) is 5.85. The molecule has 2 heterocycles. The number of rotatable bonds is 3. The Morgan fingerprint density at radius 3 is 2.36 bits per heavy atom. The van der Waals surface area contributed by atoms with Crippen molar-refractivity contribution in [1.82, 2.24) is 5.32 Å². The smallest absolute Gasteiger partial charge is 0.324 e. The number of carbonyl (C=O) groups is 2. The number of hydrogen-bond acceptors (Lipinski definition) is 4. The molecular formula is C27H30Cl2F2N2O3. The molecule has 0 aromatic heterocycles. The summed E-state index contributed by atoms with van der Waals surface area (Å²) < 4.78 is 36.2. The molecule has 0 saturated carbocycles. The largest absolute Gasteiger partial charge is 0.459 e. The summed E-state index contributed by atoms with van der Waals surface area (Å²) in [5, 5.41) is 5.82. The van der Waals surface area contributed by atoms with Gasteiger partial charge >= 0.3 is 5.97 Å².